The van der Waals surface area contributed by atoms with E-state index in [1.165, 1.54) is 13.3 Å². The van der Waals surface area contributed by atoms with Gasteiger partial charge in [-0.1, -0.05) is 0 Å². The highest BCUT2D eigenvalue weighted by Gasteiger charge is 2.14. The summed E-state index contributed by atoms with van der Waals surface area (Å²) in [4.78, 5) is 7.33. The van der Waals surface area contributed by atoms with Crippen LogP contribution in [0.5, 0.6) is 5.88 Å². The summed E-state index contributed by atoms with van der Waals surface area (Å²) in [6.45, 7) is 0. The van der Waals surface area contributed by atoms with E-state index in [2.05, 4.69) is 9.97 Å². The molecule has 0 saturated carbocycles. The van der Waals surface area contributed by atoms with Crippen LogP contribution >= 0.6 is 0 Å². The lowest BCUT2D eigenvalue weighted by Gasteiger charge is -2.07. The number of nitrogens with zero attached hydrogens (tertiary/aromatic N) is 3. The van der Waals surface area contributed by atoms with Gasteiger partial charge in [0.15, 0.2) is 6.10 Å². The summed E-state index contributed by atoms with van der Waals surface area (Å²) in [5, 5.41) is 17.6. The normalized spacial score (nSPS) is 11.8. The fraction of sp³-hybridized carbons (Fsp3) is 0.286. The van der Waals surface area contributed by atoms with Crippen LogP contribution in [0, 0.1) is 11.3 Å². The zero-order valence-corrected chi connectivity index (χ0v) is 6.93. The Labute approximate surface area is 74.6 Å². The van der Waals surface area contributed by atoms with Crippen molar-refractivity contribution in [3.63, 3.8) is 0 Å². The molecule has 0 aliphatic carbocycles. The summed E-state index contributed by atoms with van der Waals surface area (Å²) in [6, 6.07) is 1.63. The standard InChI is InChI=1S/C7H8N4O2/c1-13-6-4(5(12)2-8)3-10-7(9)11-6/h3,5,12H,1H3,(H2,9,10,11). The maximum Gasteiger partial charge on any atom is 0.224 e. The van der Waals surface area contributed by atoms with Crippen LogP contribution in [0.4, 0.5) is 5.95 Å². The van der Waals surface area contributed by atoms with E-state index in [0.29, 0.717) is 0 Å². The van der Waals surface area contributed by atoms with Crippen molar-refractivity contribution < 1.29 is 9.84 Å². The number of nitrogens with two attached hydrogens (primary N) is 1. The van der Waals surface area contributed by atoms with E-state index in [1.807, 2.05) is 0 Å². The van der Waals surface area contributed by atoms with Crippen molar-refractivity contribution in [1.82, 2.24) is 9.97 Å². The lowest BCUT2D eigenvalue weighted by Crippen LogP contribution is -2.04. The van der Waals surface area contributed by atoms with E-state index in [4.69, 9.17) is 15.7 Å². The Hall–Kier alpha value is -1.87. The molecule has 1 aromatic heterocycles. The molecule has 6 heteroatoms. The van der Waals surface area contributed by atoms with Gasteiger partial charge < -0.3 is 15.6 Å². The summed E-state index contributed by atoms with van der Waals surface area (Å²) in [5.41, 5.74) is 5.49. The summed E-state index contributed by atoms with van der Waals surface area (Å²) < 4.78 is 4.81. The third-order valence-electron chi connectivity index (χ3n) is 1.41. The second-order valence-electron chi connectivity index (χ2n) is 2.22. The molecular weight excluding hydrogens is 172 g/mol. The fourth-order valence-corrected chi connectivity index (χ4v) is 0.809. The Balaban J connectivity index is 3.15. The van der Waals surface area contributed by atoms with Gasteiger partial charge in [-0.15, -0.1) is 0 Å². The molecule has 1 unspecified atom stereocenters. The second kappa shape index (κ2) is 3.69. The van der Waals surface area contributed by atoms with Gasteiger partial charge in [-0.25, -0.2) is 4.98 Å². The third kappa shape index (κ3) is 1.83. The topological polar surface area (TPSA) is 105 Å². The van der Waals surface area contributed by atoms with Gasteiger partial charge in [0, 0.05) is 6.20 Å². The summed E-state index contributed by atoms with van der Waals surface area (Å²) in [5.74, 6) is 0.146. The lowest BCUT2D eigenvalue weighted by atomic mass is 10.2. The van der Waals surface area contributed by atoms with E-state index in [0.717, 1.165) is 0 Å². The number of aliphatic hydroxyl groups is 1. The number of hydrogen-bond acceptors (Lipinski definition) is 6. The van der Waals surface area contributed by atoms with Gasteiger partial charge in [0.2, 0.25) is 11.8 Å². The molecule has 0 fully saturated rings. The predicted octanol–water partition coefficient (Wildman–Crippen LogP) is -0.376. The first kappa shape index (κ1) is 9.22. The number of nitrogen functional groups attached to an aromatic ring is 1. The smallest absolute Gasteiger partial charge is 0.224 e. The maximum atomic E-state index is 9.17. The lowest BCUT2D eigenvalue weighted by molar-refractivity contribution is 0.227. The summed E-state index contributed by atoms with van der Waals surface area (Å²) in [6.07, 6.45) is -0.0368. The first-order valence-electron chi connectivity index (χ1n) is 3.43. The van der Waals surface area contributed by atoms with Gasteiger partial charge >= 0.3 is 0 Å². The van der Waals surface area contributed by atoms with E-state index in [9.17, 15) is 5.11 Å². The Morgan fingerprint density at radius 3 is 3.00 bits per heavy atom. The quantitative estimate of drug-likeness (QED) is 0.601. The number of ether oxygens (including phenoxy) is 1. The highest BCUT2D eigenvalue weighted by Crippen LogP contribution is 2.21. The van der Waals surface area contributed by atoms with Crippen molar-refractivity contribution >= 4 is 5.95 Å². The average Bonchev–Trinajstić information content (AvgIpc) is 2.16. The van der Waals surface area contributed by atoms with Crippen molar-refractivity contribution in [3.8, 4) is 11.9 Å². The molecule has 13 heavy (non-hydrogen) atoms. The van der Waals surface area contributed by atoms with Crippen LogP contribution < -0.4 is 10.5 Å². The minimum atomic E-state index is -1.30. The van der Waals surface area contributed by atoms with Crippen LogP contribution in [0.25, 0.3) is 0 Å². The Bertz CT molecular complexity index is 347. The molecule has 0 amide bonds. The molecule has 1 aromatic rings. The van der Waals surface area contributed by atoms with Crippen molar-refractivity contribution in [2.24, 2.45) is 0 Å². The molecule has 1 heterocycles. The van der Waals surface area contributed by atoms with Gasteiger partial charge in [0.1, 0.15) is 0 Å². The molecule has 1 rings (SSSR count). The number of nitriles is 1. The van der Waals surface area contributed by atoms with Crippen LogP contribution in [0.1, 0.15) is 11.7 Å². The van der Waals surface area contributed by atoms with Crippen LogP contribution in [0.15, 0.2) is 6.20 Å². The highest BCUT2D eigenvalue weighted by atomic mass is 16.5. The van der Waals surface area contributed by atoms with Gasteiger partial charge in [0.05, 0.1) is 18.7 Å². The number of methoxy groups -OCH3 is 1. The third-order valence-corrected chi connectivity index (χ3v) is 1.41. The molecule has 0 aliphatic heterocycles. The van der Waals surface area contributed by atoms with Gasteiger partial charge in [-0.05, 0) is 0 Å². The molecule has 0 saturated heterocycles. The van der Waals surface area contributed by atoms with E-state index in [1.54, 1.807) is 6.07 Å². The van der Waals surface area contributed by atoms with Crippen LogP contribution in [0.2, 0.25) is 0 Å². The van der Waals surface area contributed by atoms with Crippen molar-refractivity contribution in [1.29, 1.82) is 5.26 Å². The number of aliphatic hydroxyl groups excluding tert-OH is 1. The molecule has 1 atom stereocenters. The molecule has 0 aromatic carbocycles. The van der Waals surface area contributed by atoms with Crippen LogP contribution in [-0.4, -0.2) is 22.2 Å². The number of rotatable bonds is 2. The zero-order chi connectivity index (χ0) is 9.84. The molecule has 6 nitrogen and oxygen atoms in total. The maximum absolute atomic E-state index is 9.17. The summed E-state index contributed by atoms with van der Waals surface area (Å²) >= 11 is 0. The number of hydrogen-bond donors (Lipinski definition) is 2. The fourth-order valence-electron chi connectivity index (χ4n) is 0.809. The zero-order valence-electron chi connectivity index (χ0n) is 6.93. The molecule has 0 aliphatic rings. The van der Waals surface area contributed by atoms with Crippen molar-refractivity contribution in [2.75, 3.05) is 12.8 Å². The second-order valence-corrected chi connectivity index (χ2v) is 2.22. The largest absolute Gasteiger partial charge is 0.481 e. The van der Waals surface area contributed by atoms with Gasteiger partial charge in [-0.2, -0.15) is 10.2 Å². The Kier molecular flexibility index (Phi) is 2.62. The predicted molar refractivity (Wildman–Crippen MR) is 43.6 cm³/mol. The SMILES string of the molecule is COc1nc(N)ncc1C(O)C#N. The van der Waals surface area contributed by atoms with E-state index in [-0.39, 0.29) is 17.4 Å². The molecule has 3 N–H and O–H groups in total. The molecule has 0 spiro atoms. The first-order chi connectivity index (χ1) is 6.19. The highest BCUT2D eigenvalue weighted by molar-refractivity contribution is 5.33. The molecule has 68 valence electrons. The summed E-state index contributed by atoms with van der Waals surface area (Å²) in [7, 11) is 1.37. The first-order valence-corrected chi connectivity index (χ1v) is 3.43. The van der Waals surface area contributed by atoms with Gasteiger partial charge in [0.25, 0.3) is 0 Å². The average molecular weight is 180 g/mol. The van der Waals surface area contributed by atoms with E-state index < -0.39 is 6.10 Å². The van der Waals surface area contributed by atoms with Crippen LogP contribution in [-0.2, 0) is 0 Å². The monoisotopic (exact) mass is 180 g/mol. The molecule has 0 radical (unpaired) electrons. The Morgan fingerprint density at radius 1 is 1.77 bits per heavy atom. The Morgan fingerprint density at radius 2 is 2.46 bits per heavy atom. The number of aromatic nitrogens is 2. The van der Waals surface area contributed by atoms with E-state index >= 15 is 0 Å². The van der Waals surface area contributed by atoms with Crippen molar-refractivity contribution in [2.45, 2.75) is 6.10 Å². The molecular formula is C7H8N4O2. The minimum Gasteiger partial charge on any atom is -0.481 e. The minimum absolute atomic E-state index is 0.0331. The van der Waals surface area contributed by atoms with Crippen LogP contribution in [0.3, 0.4) is 0 Å². The molecule has 0 bridgehead atoms. The number of anilines is 1. The van der Waals surface area contributed by atoms with Gasteiger partial charge in [-0.3, -0.25) is 0 Å². The van der Waals surface area contributed by atoms with Crippen molar-refractivity contribution in [3.05, 3.63) is 11.8 Å².